The highest BCUT2D eigenvalue weighted by molar-refractivity contribution is 6.29. The predicted octanol–water partition coefficient (Wildman–Crippen LogP) is 2.53. The van der Waals surface area contributed by atoms with Crippen LogP contribution < -0.4 is 10.6 Å². The number of aliphatic hydroxyl groups excluding tert-OH is 1. The fourth-order valence-electron chi connectivity index (χ4n) is 2.77. The van der Waals surface area contributed by atoms with Gasteiger partial charge >= 0.3 is 0 Å². The van der Waals surface area contributed by atoms with Crippen LogP contribution in [0.25, 0.3) is 0 Å². The second kappa shape index (κ2) is 8.20. The number of rotatable bonds is 6. The molecule has 1 aromatic rings. The smallest absolute Gasteiger partial charge is 0.275 e. The maximum absolute atomic E-state index is 13.8. The lowest BCUT2D eigenvalue weighted by Crippen LogP contribution is -2.50. The van der Waals surface area contributed by atoms with Gasteiger partial charge in [0.1, 0.15) is 17.4 Å². The van der Waals surface area contributed by atoms with Gasteiger partial charge in [-0.2, -0.15) is 0 Å². The Bertz CT molecular complexity index is 685. The summed E-state index contributed by atoms with van der Waals surface area (Å²) in [6.45, 7) is 2.09. The summed E-state index contributed by atoms with van der Waals surface area (Å²) in [6, 6.07) is 0.294. The molecule has 1 saturated carbocycles. The fraction of sp³-hybridized carbons (Fsp3) is 0.647. The predicted molar refractivity (Wildman–Crippen MR) is 95.0 cm³/mol. The molecule has 2 rings (SSSR count). The van der Waals surface area contributed by atoms with E-state index in [2.05, 4.69) is 15.6 Å². The molecule has 1 heterocycles. The molecule has 0 spiro atoms. The van der Waals surface area contributed by atoms with Gasteiger partial charge in [-0.05, 0) is 32.8 Å². The lowest BCUT2D eigenvalue weighted by atomic mass is 9.89. The number of hydrogen-bond donors (Lipinski definition) is 4. The minimum Gasteiger partial charge on any atom is -0.387 e. The third-order valence-corrected chi connectivity index (χ3v) is 4.71. The average molecular weight is 410 g/mol. The topological polar surface area (TPSA) is 94.5 Å². The van der Waals surface area contributed by atoms with E-state index >= 15 is 0 Å². The van der Waals surface area contributed by atoms with Crippen LogP contribution in [0.5, 0.6) is 0 Å². The average Bonchev–Trinajstić information content (AvgIpc) is 2.55. The molecule has 0 aliphatic heterocycles. The van der Waals surface area contributed by atoms with Crippen LogP contribution in [0.4, 0.5) is 18.9 Å². The summed E-state index contributed by atoms with van der Waals surface area (Å²) in [7, 11) is 0. The van der Waals surface area contributed by atoms with E-state index < -0.39 is 48.7 Å². The number of nitrogens with one attached hydrogen (secondary N) is 2. The van der Waals surface area contributed by atoms with Crippen LogP contribution in [0.15, 0.2) is 12.3 Å². The number of hydrogen-bond acceptors (Lipinski definition) is 5. The van der Waals surface area contributed by atoms with Crippen molar-refractivity contribution in [1.82, 2.24) is 10.3 Å². The maximum Gasteiger partial charge on any atom is 0.275 e. The number of amides is 1. The second-order valence-corrected chi connectivity index (χ2v) is 7.62. The highest BCUT2D eigenvalue weighted by Gasteiger charge is 2.46. The summed E-state index contributed by atoms with van der Waals surface area (Å²) in [5, 5.41) is 24.5. The summed E-state index contributed by atoms with van der Waals surface area (Å²) in [4.78, 5) is 16.2. The fourth-order valence-corrected chi connectivity index (χ4v) is 2.92. The zero-order valence-corrected chi connectivity index (χ0v) is 15.7. The minimum atomic E-state index is -3.23. The highest BCUT2D eigenvalue weighted by atomic mass is 35.5. The SMILES string of the molecule is CC(C)(O)C(F)CNC(=O)c1cnc(Cl)cc1NC1CCCC(F)(F)C1O. The molecule has 3 atom stereocenters. The van der Waals surface area contributed by atoms with E-state index in [1.54, 1.807) is 0 Å². The van der Waals surface area contributed by atoms with Crippen molar-refractivity contribution in [3.05, 3.63) is 23.0 Å². The molecule has 3 unspecified atom stereocenters. The lowest BCUT2D eigenvalue weighted by Gasteiger charge is -2.35. The van der Waals surface area contributed by atoms with Crippen molar-refractivity contribution < 1.29 is 28.2 Å². The molecule has 152 valence electrons. The Balaban J connectivity index is 2.16. The van der Waals surface area contributed by atoms with Crippen molar-refractivity contribution in [2.75, 3.05) is 11.9 Å². The number of pyridine rings is 1. The van der Waals surface area contributed by atoms with E-state index in [0.29, 0.717) is 0 Å². The van der Waals surface area contributed by atoms with Crippen LogP contribution in [0.1, 0.15) is 43.5 Å². The van der Waals surface area contributed by atoms with Crippen molar-refractivity contribution >= 4 is 23.2 Å². The Morgan fingerprint density at radius 2 is 2.19 bits per heavy atom. The van der Waals surface area contributed by atoms with Crippen molar-refractivity contribution in [3.63, 3.8) is 0 Å². The van der Waals surface area contributed by atoms with Gasteiger partial charge in [0.2, 0.25) is 0 Å². The zero-order chi connectivity index (χ0) is 20.4. The van der Waals surface area contributed by atoms with Gasteiger partial charge in [0.15, 0.2) is 0 Å². The van der Waals surface area contributed by atoms with Crippen molar-refractivity contribution in [2.45, 2.75) is 63.0 Å². The maximum atomic E-state index is 13.8. The molecular weight excluding hydrogens is 387 g/mol. The van der Waals surface area contributed by atoms with Crippen LogP contribution in [-0.4, -0.2) is 57.5 Å². The Kier molecular flexibility index (Phi) is 6.59. The normalized spacial score (nSPS) is 23.6. The molecule has 0 radical (unpaired) electrons. The molecule has 0 aromatic carbocycles. The number of halogens is 4. The molecule has 10 heteroatoms. The van der Waals surface area contributed by atoms with Gasteiger partial charge in [-0.3, -0.25) is 4.79 Å². The number of alkyl halides is 3. The van der Waals surface area contributed by atoms with Gasteiger partial charge in [0.25, 0.3) is 11.8 Å². The zero-order valence-electron chi connectivity index (χ0n) is 15.0. The van der Waals surface area contributed by atoms with Crippen LogP contribution in [0, 0.1) is 0 Å². The summed E-state index contributed by atoms with van der Waals surface area (Å²) in [5.74, 6) is -3.95. The van der Waals surface area contributed by atoms with E-state index in [-0.39, 0.29) is 29.2 Å². The molecule has 6 nitrogen and oxygen atoms in total. The number of carbonyl (C=O) groups excluding carboxylic acids is 1. The van der Waals surface area contributed by atoms with Gasteiger partial charge in [-0.25, -0.2) is 18.2 Å². The molecular formula is C17H23ClF3N3O3. The van der Waals surface area contributed by atoms with Crippen LogP contribution >= 0.6 is 11.6 Å². The number of nitrogens with zero attached hydrogens (tertiary/aromatic N) is 1. The molecule has 4 N–H and O–H groups in total. The highest BCUT2D eigenvalue weighted by Crippen LogP contribution is 2.35. The first-order valence-corrected chi connectivity index (χ1v) is 8.92. The van der Waals surface area contributed by atoms with Gasteiger partial charge in [0, 0.05) is 12.6 Å². The molecule has 0 bridgehead atoms. The molecule has 1 amide bonds. The Hall–Kier alpha value is -1.58. The van der Waals surface area contributed by atoms with E-state index in [1.165, 1.54) is 19.9 Å². The quantitative estimate of drug-likeness (QED) is 0.542. The monoisotopic (exact) mass is 409 g/mol. The van der Waals surface area contributed by atoms with Crippen LogP contribution in [-0.2, 0) is 0 Å². The third kappa shape index (κ3) is 5.46. The first kappa shape index (κ1) is 21.7. The largest absolute Gasteiger partial charge is 0.387 e. The number of aliphatic hydroxyl groups is 2. The molecule has 1 aliphatic rings. The third-order valence-electron chi connectivity index (χ3n) is 4.50. The van der Waals surface area contributed by atoms with Crippen molar-refractivity contribution in [3.8, 4) is 0 Å². The first-order chi connectivity index (χ1) is 12.4. The van der Waals surface area contributed by atoms with Crippen molar-refractivity contribution in [1.29, 1.82) is 0 Å². The lowest BCUT2D eigenvalue weighted by molar-refractivity contribution is -0.135. The molecule has 0 saturated heterocycles. The van der Waals surface area contributed by atoms with Crippen molar-refractivity contribution in [2.24, 2.45) is 0 Å². The van der Waals surface area contributed by atoms with Gasteiger partial charge < -0.3 is 20.8 Å². The van der Waals surface area contributed by atoms with Crippen LogP contribution in [0.2, 0.25) is 5.15 Å². The molecule has 27 heavy (non-hydrogen) atoms. The summed E-state index contributed by atoms with van der Waals surface area (Å²) in [6.07, 6.45) is -2.42. The number of anilines is 1. The molecule has 1 aromatic heterocycles. The Morgan fingerprint density at radius 3 is 2.81 bits per heavy atom. The van der Waals surface area contributed by atoms with Gasteiger partial charge in [-0.15, -0.1) is 0 Å². The first-order valence-electron chi connectivity index (χ1n) is 8.54. The van der Waals surface area contributed by atoms with E-state index in [0.717, 1.165) is 6.20 Å². The Morgan fingerprint density at radius 1 is 1.52 bits per heavy atom. The second-order valence-electron chi connectivity index (χ2n) is 7.23. The van der Waals surface area contributed by atoms with Gasteiger partial charge in [-0.1, -0.05) is 11.6 Å². The summed E-state index contributed by atoms with van der Waals surface area (Å²) >= 11 is 5.83. The van der Waals surface area contributed by atoms with Gasteiger partial charge in [0.05, 0.1) is 29.4 Å². The standard InChI is InChI=1S/C17H23ClF3N3O3/c1-16(2,27)12(19)8-23-15(26)9-7-22-13(18)6-11(9)24-10-4-3-5-17(20,21)14(10)25/h6-7,10,12,14,25,27H,3-5,8H2,1-2H3,(H,22,24)(H,23,26). The van der Waals surface area contributed by atoms with E-state index in [4.69, 9.17) is 11.6 Å². The summed E-state index contributed by atoms with van der Waals surface area (Å²) in [5.41, 5.74) is -1.57. The Labute approximate surface area is 160 Å². The number of aromatic nitrogens is 1. The van der Waals surface area contributed by atoms with E-state index in [9.17, 15) is 28.2 Å². The van der Waals surface area contributed by atoms with Crippen LogP contribution in [0.3, 0.4) is 0 Å². The molecule has 1 fully saturated rings. The minimum absolute atomic E-state index is 0.0194. The number of carbonyl (C=O) groups is 1. The molecule has 1 aliphatic carbocycles. The summed E-state index contributed by atoms with van der Waals surface area (Å²) < 4.78 is 41.3. The van der Waals surface area contributed by atoms with E-state index in [1.807, 2.05) is 0 Å².